The molecule has 72 valence electrons. The Bertz CT molecular complexity index is 456. The molecular weight excluding hydrogens is 242 g/mol. The van der Waals surface area contributed by atoms with Gasteiger partial charge in [0.25, 0.3) is 0 Å². The first-order chi connectivity index (χ1) is 6.79. The third-order valence-electron chi connectivity index (χ3n) is 1.93. The molecule has 0 amide bonds. The van der Waals surface area contributed by atoms with Crippen LogP contribution in [0.3, 0.4) is 0 Å². The second-order valence-electron chi connectivity index (χ2n) is 2.94. The Kier molecular flexibility index (Phi) is 2.68. The first kappa shape index (κ1) is 9.46. The molecule has 0 atom stereocenters. The summed E-state index contributed by atoms with van der Waals surface area (Å²) < 4.78 is 6.39. The minimum Gasteiger partial charge on any atom is -0.494 e. The maximum absolute atomic E-state index is 5.39. The van der Waals surface area contributed by atoms with Crippen LogP contribution in [-0.4, -0.2) is 11.6 Å². The number of ether oxygens (including phenoxy) is 1. The lowest BCUT2D eigenvalue weighted by molar-refractivity contribution is 0.340. The molecule has 0 unspecified atom stereocenters. The first-order valence-electron chi connectivity index (χ1n) is 4.47. The van der Waals surface area contributed by atoms with Crippen molar-refractivity contribution in [2.45, 2.75) is 6.92 Å². The maximum Gasteiger partial charge on any atom is 0.121 e. The topological polar surface area (TPSA) is 22.1 Å². The van der Waals surface area contributed by atoms with Crippen LogP contribution in [0.4, 0.5) is 0 Å². The maximum atomic E-state index is 5.39. The van der Waals surface area contributed by atoms with Gasteiger partial charge in [-0.3, -0.25) is 4.98 Å². The SMILES string of the molecule is CCOc1ccc2cc(Br)cnc2c1. The third kappa shape index (κ3) is 1.87. The van der Waals surface area contributed by atoms with E-state index in [-0.39, 0.29) is 0 Å². The van der Waals surface area contributed by atoms with Gasteiger partial charge >= 0.3 is 0 Å². The lowest BCUT2D eigenvalue weighted by Crippen LogP contribution is -1.91. The molecule has 2 aromatic rings. The average molecular weight is 252 g/mol. The molecule has 0 saturated heterocycles. The first-order valence-corrected chi connectivity index (χ1v) is 5.27. The summed E-state index contributed by atoms with van der Waals surface area (Å²) in [6.07, 6.45) is 1.79. The lowest BCUT2D eigenvalue weighted by Gasteiger charge is -2.03. The zero-order chi connectivity index (χ0) is 9.97. The van der Waals surface area contributed by atoms with Gasteiger partial charge in [0.05, 0.1) is 12.1 Å². The van der Waals surface area contributed by atoms with Crippen molar-refractivity contribution in [1.82, 2.24) is 4.98 Å². The Morgan fingerprint density at radius 2 is 2.21 bits per heavy atom. The molecule has 0 fully saturated rings. The van der Waals surface area contributed by atoms with Crippen LogP contribution in [-0.2, 0) is 0 Å². The number of pyridine rings is 1. The molecule has 1 heterocycles. The van der Waals surface area contributed by atoms with E-state index in [0.29, 0.717) is 6.61 Å². The Morgan fingerprint density at radius 1 is 1.36 bits per heavy atom. The normalized spacial score (nSPS) is 10.4. The van der Waals surface area contributed by atoms with E-state index in [9.17, 15) is 0 Å². The van der Waals surface area contributed by atoms with E-state index in [4.69, 9.17) is 4.74 Å². The van der Waals surface area contributed by atoms with Crippen molar-refractivity contribution in [3.05, 3.63) is 34.9 Å². The summed E-state index contributed by atoms with van der Waals surface area (Å²) in [5, 5.41) is 1.11. The summed E-state index contributed by atoms with van der Waals surface area (Å²) in [6.45, 7) is 2.65. The summed E-state index contributed by atoms with van der Waals surface area (Å²) in [5.41, 5.74) is 0.958. The van der Waals surface area contributed by atoms with Crippen LogP contribution in [0.5, 0.6) is 5.75 Å². The molecule has 1 aromatic carbocycles. The summed E-state index contributed by atoms with van der Waals surface area (Å²) in [6, 6.07) is 7.96. The molecule has 0 N–H and O–H groups in total. The van der Waals surface area contributed by atoms with E-state index in [2.05, 4.69) is 20.9 Å². The van der Waals surface area contributed by atoms with Crippen molar-refractivity contribution >= 4 is 26.8 Å². The van der Waals surface area contributed by atoms with Gasteiger partial charge in [-0.15, -0.1) is 0 Å². The van der Waals surface area contributed by atoms with Crippen molar-refractivity contribution in [2.75, 3.05) is 6.61 Å². The van der Waals surface area contributed by atoms with Crippen molar-refractivity contribution in [3.8, 4) is 5.75 Å². The predicted octanol–water partition coefficient (Wildman–Crippen LogP) is 3.40. The molecule has 0 spiro atoms. The molecular formula is C11H10BrNO. The Hall–Kier alpha value is -1.09. The van der Waals surface area contributed by atoms with Crippen LogP contribution >= 0.6 is 15.9 Å². The summed E-state index contributed by atoms with van der Waals surface area (Å²) in [5.74, 6) is 0.870. The zero-order valence-electron chi connectivity index (χ0n) is 7.83. The predicted molar refractivity (Wildman–Crippen MR) is 60.6 cm³/mol. The molecule has 0 aliphatic carbocycles. The largest absolute Gasteiger partial charge is 0.494 e. The molecule has 3 heteroatoms. The summed E-state index contributed by atoms with van der Waals surface area (Å²) in [7, 11) is 0. The summed E-state index contributed by atoms with van der Waals surface area (Å²) >= 11 is 3.39. The van der Waals surface area contributed by atoms with Crippen LogP contribution in [0, 0.1) is 0 Å². The second-order valence-corrected chi connectivity index (χ2v) is 3.86. The van der Waals surface area contributed by atoms with Gasteiger partial charge in [-0.05, 0) is 41.1 Å². The highest BCUT2D eigenvalue weighted by molar-refractivity contribution is 9.10. The highest BCUT2D eigenvalue weighted by atomic mass is 79.9. The molecule has 0 bridgehead atoms. The third-order valence-corrected chi connectivity index (χ3v) is 2.37. The van der Waals surface area contributed by atoms with Crippen molar-refractivity contribution in [3.63, 3.8) is 0 Å². The van der Waals surface area contributed by atoms with E-state index >= 15 is 0 Å². The minimum atomic E-state index is 0.683. The molecule has 2 rings (SSSR count). The fourth-order valence-electron chi connectivity index (χ4n) is 1.33. The van der Waals surface area contributed by atoms with Crippen LogP contribution < -0.4 is 4.74 Å². The van der Waals surface area contributed by atoms with Crippen molar-refractivity contribution in [2.24, 2.45) is 0 Å². The minimum absolute atomic E-state index is 0.683. The fourth-order valence-corrected chi connectivity index (χ4v) is 1.68. The Labute approximate surface area is 91.0 Å². The smallest absolute Gasteiger partial charge is 0.121 e. The van der Waals surface area contributed by atoms with Crippen LogP contribution in [0.15, 0.2) is 34.9 Å². The second kappa shape index (κ2) is 3.96. The van der Waals surface area contributed by atoms with E-state index in [1.807, 2.05) is 31.2 Å². The number of aromatic nitrogens is 1. The number of hydrogen-bond acceptors (Lipinski definition) is 2. The van der Waals surface area contributed by atoms with Crippen LogP contribution in [0.25, 0.3) is 10.9 Å². The van der Waals surface area contributed by atoms with Crippen molar-refractivity contribution < 1.29 is 4.74 Å². The van der Waals surface area contributed by atoms with E-state index in [0.717, 1.165) is 21.1 Å². The monoisotopic (exact) mass is 251 g/mol. The van der Waals surface area contributed by atoms with Gasteiger partial charge in [-0.25, -0.2) is 0 Å². The van der Waals surface area contributed by atoms with E-state index in [1.54, 1.807) is 6.20 Å². The number of hydrogen-bond donors (Lipinski definition) is 0. The van der Waals surface area contributed by atoms with Gasteiger partial charge in [-0.2, -0.15) is 0 Å². The lowest BCUT2D eigenvalue weighted by atomic mass is 10.2. The molecule has 2 nitrogen and oxygen atoms in total. The van der Waals surface area contributed by atoms with E-state index in [1.165, 1.54) is 0 Å². The molecule has 0 aliphatic rings. The fraction of sp³-hybridized carbons (Fsp3) is 0.182. The standard InChI is InChI=1S/C11H10BrNO/c1-2-14-10-4-3-8-5-9(12)7-13-11(8)6-10/h3-7H,2H2,1H3. The van der Waals surface area contributed by atoms with Crippen LogP contribution in [0.1, 0.15) is 6.92 Å². The van der Waals surface area contributed by atoms with Crippen molar-refractivity contribution in [1.29, 1.82) is 0 Å². The Morgan fingerprint density at radius 3 is 3.00 bits per heavy atom. The number of benzene rings is 1. The zero-order valence-corrected chi connectivity index (χ0v) is 9.41. The van der Waals surface area contributed by atoms with Gasteiger partial charge in [0, 0.05) is 22.1 Å². The molecule has 0 saturated carbocycles. The highest BCUT2D eigenvalue weighted by Crippen LogP contribution is 2.21. The molecule has 1 aromatic heterocycles. The highest BCUT2D eigenvalue weighted by Gasteiger charge is 1.98. The quantitative estimate of drug-likeness (QED) is 0.817. The number of rotatable bonds is 2. The number of fused-ring (bicyclic) bond motifs is 1. The molecule has 0 radical (unpaired) electrons. The molecule has 14 heavy (non-hydrogen) atoms. The Balaban J connectivity index is 2.50. The number of halogens is 1. The molecule has 0 aliphatic heterocycles. The van der Waals surface area contributed by atoms with Crippen LogP contribution in [0.2, 0.25) is 0 Å². The van der Waals surface area contributed by atoms with E-state index < -0.39 is 0 Å². The van der Waals surface area contributed by atoms with Gasteiger partial charge in [0.2, 0.25) is 0 Å². The van der Waals surface area contributed by atoms with Gasteiger partial charge < -0.3 is 4.74 Å². The average Bonchev–Trinajstić information content (AvgIpc) is 2.19. The summed E-state index contributed by atoms with van der Waals surface area (Å²) in [4.78, 5) is 4.30. The van der Waals surface area contributed by atoms with Gasteiger partial charge in [0.15, 0.2) is 0 Å². The number of nitrogens with zero attached hydrogens (tertiary/aromatic N) is 1. The van der Waals surface area contributed by atoms with Gasteiger partial charge in [0.1, 0.15) is 5.75 Å². The van der Waals surface area contributed by atoms with Gasteiger partial charge in [-0.1, -0.05) is 0 Å².